The molecule has 1 aliphatic rings. The normalized spacial score (nSPS) is 15.7. The molecule has 4 aromatic rings. The molecular weight excluding hydrogens is 438 g/mol. The summed E-state index contributed by atoms with van der Waals surface area (Å²) in [6, 6.07) is 15.1. The van der Waals surface area contributed by atoms with E-state index in [1.807, 2.05) is 18.2 Å². The number of fused-ring (bicyclic) bond motifs is 1. The Kier molecular flexibility index (Phi) is 6.39. The molecule has 5 rings (SSSR count). The average molecular weight is 470 g/mol. The fourth-order valence-corrected chi connectivity index (χ4v) is 4.79. The van der Waals surface area contributed by atoms with Gasteiger partial charge in [-0.1, -0.05) is 0 Å². The summed E-state index contributed by atoms with van der Waals surface area (Å²) in [4.78, 5) is 10.2. The summed E-state index contributed by atoms with van der Waals surface area (Å²) >= 11 is 0. The van der Waals surface area contributed by atoms with Crippen molar-refractivity contribution in [2.24, 2.45) is 0 Å². The van der Waals surface area contributed by atoms with Gasteiger partial charge in [-0.05, 0) is 93.0 Å². The van der Waals surface area contributed by atoms with Gasteiger partial charge in [0.15, 0.2) is 6.23 Å². The summed E-state index contributed by atoms with van der Waals surface area (Å²) < 4.78 is 0. The highest BCUT2D eigenvalue weighted by atomic mass is 16.3. The molecule has 1 atom stereocenters. The molecular formula is C27H31N7O. The first kappa shape index (κ1) is 22.9. The van der Waals surface area contributed by atoms with Crippen LogP contribution in [0.4, 0.5) is 22.9 Å². The van der Waals surface area contributed by atoms with Crippen LogP contribution < -0.4 is 16.4 Å². The molecule has 3 heterocycles. The second-order valence-corrected chi connectivity index (χ2v) is 9.18. The molecule has 0 amide bonds. The number of likely N-dealkylation sites (tertiary alicyclic amines) is 1. The van der Waals surface area contributed by atoms with E-state index in [4.69, 9.17) is 11.1 Å². The molecule has 7 N–H and O–H groups in total. The molecule has 8 nitrogen and oxygen atoms in total. The highest BCUT2D eigenvalue weighted by Gasteiger charge is 2.21. The van der Waals surface area contributed by atoms with Gasteiger partial charge in [-0.2, -0.15) is 0 Å². The Morgan fingerprint density at radius 2 is 1.97 bits per heavy atom. The van der Waals surface area contributed by atoms with Crippen molar-refractivity contribution in [3.8, 4) is 0 Å². The Bertz CT molecular complexity index is 1340. The second-order valence-electron chi connectivity index (χ2n) is 9.18. The van der Waals surface area contributed by atoms with Crippen molar-refractivity contribution in [2.75, 3.05) is 36.5 Å². The number of nitrogens with zero attached hydrogens (tertiary/aromatic N) is 2. The maximum atomic E-state index is 11.1. The van der Waals surface area contributed by atoms with Gasteiger partial charge in [-0.25, -0.2) is 4.98 Å². The zero-order valence-electron chi connectivity index (χ0n) is 19.8. The molecule has 1 fully saturated rings. The van der Waals surface area contributed by atoms with Gasteiger partial charge < -0.3 is 36.8 Å². The number of aliphatic hydroxyl groups excluding tert-OH is 1. The van der Waals surface area contributed by atoms with Crippen LogP contribution in [0.25, 0.3) is 10.9 Å². The summed E-state index contributed by atoms with van der Waals surface area (Å²) in [6.45, 7) is 2.22. The van der Waals surface area contributed by atoms with Crippen molar-refractivity contribution in [2.45, 2.75) is 25.0 Å². The Morgan fingerprint density at radius 1 is 1.17 bits per heavy atom. The Morgan fingerprint density at radius 3 is 2.74 bits per heavy atom. The van der Waals surface area contributed by atoms with Gasteiger partial charge >= 0.3 is 0 Å². The molecule has 8 heteroatoms. The van der Waals surface area contributed by atoms with Crippen LogP contribution in [0.2, 0.25) is 0 Å². The van der Waals surface area contributed by atoms with E-state index < -0.39 is 6.23 Å². The summed E-state index contributed by atoms with van der Waals surface area (Å²) in [6.07, 6.45) is 6.37. The van der Waals surface area contributed by atoms with Gasteiger partial charge in [0, 0.05) is 57.7 Å². The molecule has 1 unspecified atom stereocenters. The number of aromatic nitrogens is 2. The number of anilines is 4. The predicted molar refractivity (Wildman–Crippen MR) is 143 cm³/mol. The molecule has 1 aliphatic heterocycles. The smallest absolute Gasteiger partial charge is 0.154 e. The van der Waals surface area contributed by atoms with E-state index in [0.29, 0.717) is 28.6 Å². The first-order chi connectivity index (χ1) is 17.0. The number of aromatic amines is 1. The van der Waals surface area contributed by atoms with Crippen molar-refractivity contribution in [1.29, 1.82) is 5.41 Å². The van der Waals surface area contributed by atoms with Gasteiger partial charge in [0.25, 0.3) is 0 Å². The fraction of sp³-hybridized carbons (Fsp3) is 0.259. The minimum absolute atomic E-state index is 0.501. The number of hydrogen-bond acceptors (Lipinski definition) is 7. The first-order valence-corrected chi connectivity index (χ1v) is 11.9. The molecule has 180 valence electrons. The van der Waals surface area contributed by atoms with Crippen LogP contribution in [0.15, 0.2) is 60.9 Å². The zero-order chi connectivity index (χ0) is 24.4. The third-order valence-electron chi connectivity index (χ3n) is 6.81. The topological polar surface area (TPSA) is 126 Å². The van der Waals surface area contributed by atoms with Gasteiger partial charge in [-0.3, -0.25) is 0 Å². The summed E-state index contributed by atoms with van der Waals surface area (Å²) in [7, 11) is 2.18. The number of nitrogens with two attached hydrogens (primary N) is 1. The molecule has 0 aliphatic carbocycles. The maximum absolute atomic E-state index is 11.1. The van der Waals surface area contributed by atoms with Crippen LogP contribution >= 0.6 is 0 Å². The molecule has 0 spiro atoms. The van der Waals surface area contributed by atoms with Gasteiger partial charge in [0.2, 0.25) is 0 Å². The van der Waals surface area contributed by atoms with E-state index in [2.05, 4.69) is 50.9 Å². The Balaban J connectivity index is 1.37. The van der Waals surface area contributed by atoms with Gasteiger partial charge in [0.1, 0.15) is 5.82 Å². The number of aliphatic hydroxyl groups is 1. The van der Waals surface area contributed by atoms with Crippen LogP contribution in [0.5, 0.6) is 0 Å². The lowest BCUT2D eigenvalue weighted by Crippen LogP contribution is -2.29. The lowest BCUT2D eigenvalue weighted by Gasteiger charge is -2.28. The highest BCUT2D eigenvalue weighted by molar-refractivity contribution is 5.87. The standard InChI is InChI=1S/C27H31N7O/c1-34-11-8-17(9-12-34)23-16-31-25-7-6-19(13-22(23)25)33-27(35)21-3-2-10-30-26(21)32-20-5-4-18(15-28)24(29)14-20/h2-7,10,13-17,27-28,31,33,35H,8-9,11-12,29H2,1H3,(H,30,32). The van der Waals surface area contributed by atoms with E-state index >= 15 is 0 Å². The summed E-state index contributed by atoms with van der Waals surface area (Å²) in [5.74, 6) is 1.07. The number of benzene rings is 2. The lowest BCUT2D eigenvalue weighted by molar-refractivity contribution is 0.208. The van der Waals surface area contributed by atoms with Crippen molar-refractivity contribution >= 4 is 40.0 Å². The number of nitrogens with one attached hydrogen (secondary N) is 4. The number of piperidine rings is 1. The van der Waals surface area contributed by atoms with E-state index in [1.165, 1.54) is 17.2 Å². The van der Waals surface area contributed by atoms with Gasteiger partial charge in [0.05, 0.1) is 0 Å². The Labute approximate surface area is 204 Å². The Hall–Kier alpha value is -3.88. The zero-order valence-corrected chi connectivity index (χ0v) is 19.8. The molecule has 0 bridgehead atoms. The number of hydrogen-bond donors (Lipinski definition) is 6. The number of pyridine rings is 1. The van der Waals surface area contributed by atoms with Gasteiger partial charge in [-0.15, -0.1) is 0 Å². The maximum Gasteiger partial charge on any atom is 0.154 e. The monoisotopic (exact) mass is 469 g/mol. The van der Waals surface area contributed by atoms with E-state index in [0.717, 1.165) is 42.8 Å². The molecule has 0 saturated carbocycles. The summed E-state index contributed by atoms with van der Waals surface area (Å²) in [5, 5.41) is 26.2. The van der Waals surface area contributed by atoms with Crippen LogP contribution in [-0.2, 0) is 0 Å². The molecule has 2 aromatic heterocycles. The number of rotatable bonds is 7. The fourth-order valence-electron chi connectivity index (χ4n) is 4.79. The molecule has 35 heavy (non-hydrogen) atoms. The van der Waals surface area contributed by atoms with Crippen molar-refractivity contribution in [3.05, 3.63) is 77.6 Å². The second kappa shape index (κ2) is 9.77. The van der Waals surface area contributed by atoms with Crippen LogP contribution in [-0.4, -0.2) is 46.3 Å². The summed E-state index contributed by atoms with van der Waals surface area (Å²) in [5.41, 5.74) is 11.8. The van der Waals surface area contributed by atoms with Crippen molar-refractivity contribution < 1.29 is 5.11 Å². The number of nitrogen functional groups attached to an aromatic ring is 1. The molecule has 1 saturated heterocycles. The highest BCUT2D eigenvalue weighted by Crippen LogP contribution is 2.35. The van der Waals surface area contributed by atoms with Crippen LogP contribution in [0.1, 0.15) is 41.7 Å². The van der Waals surface area contributed by atoms with Crippen LogP contribution in [0.3, 0.4) is 0 Å². The minimum Gasteiger partial charge on any atom is -0.398 e. The first-order valence-electron chi connectivity index (χ1n) is 11.9. The lowest BCUT2D eigenvalue weighted by atomic mass is 9.89. The largest absolute Gasteiger partial charge is 0.398 e. The third-order valence-corrected chi connectivity index (χ3v) is 6.81. The quantitative estimate of drug-likeness (QED) is 0.131. The average Bonchev–Trinajstić information content (AvgIpc) is 3.28. The number of H-pyrrole nitrogens is 1. The minimum atomic E-state index is -0.965. The van der Waals surface area contributed by atoms with Crippen molar-refractivity contribution in [1.82, 2.24) is 14.9 Å². The molecule has 0 radical (unpaired) electrons. The van der Waals surface area contributed by atoms with E-state index in [9.17, 15) is 5.11 Å². The van der Waals surface area contributed by atoms with Crippen LogP contribution in [0, 0.1) is 5.41 Å². The predicted octanol–water partition coefficient (Wildman–Crippen LogP) is 4.80. The molecule has 2 aromatic carbocycles. The third kappa shape index (κ3) is 4.84. The van der Waals surface area contributed by atoms with Crippen molar-refractivity contribution in [3.63, 3.8) is 0 Å². The van der Waals surface area contributed by atoms with E-state index in [-0.39, 0.29) is 0 Å². The van der Waals surface area contributed by atoms with E-state index in [1.54, 1.807) is 24.4 Å². The SMILES string of the molecule is CN1CCC(c2c[nH]c3ccc(NC(O)c4cccnc4Nc4ccc(C=N)c(N)c4)cc23)CC1.